The lowest BCUT2D eigenvalue weighted by Crippen LogP contribution is -2.54. The van der Waals surface area contributed by atoms with Gasteiger partial charge in [-0.1, -0.05) is 32.0 Å². The fourth-order valence-electron chi connectivity index (χ4n) is 4.36. The Hall–Kier alpha value is -3.29. The number of para-hydroxylation sites is 1. The molecule has 3 atom stereocenters. The number of nitrogens with zero attached hydrogens (tertiary/aromatic N) is 3. The molecule has 0 saturated carbocycles. The highest BCUT2D eigenvalue weighted by Crippen LogP contribution is 2.21. The highest BCUT2D eigenvalue weighted by molar-refractivity contribution is 7.88. The largest absolute Gasteiger partial charge is 0.451 e. The van der Waals surface area contributed by atoms with Crippen LogP contribution in [0.5, 0.6) is 0 Å². The van der Waals surface area contributed by atoms with E-state index in [-0.39, 0.29) is 29.9 Å². The van der Waals surface area contributed by atoms with Gasteiger partial charge in [-0.2, -0.15) is 4.31 Å². The summed E-state index contributed by atoms with van der Waals surface area (Å²) >= 11 is 0. The summed E-state index contributed by atoms with van der Waals surface area (Å²) in [7, 11) is -4.00. The van der Waals surface area contributed by atoms with Gasteiger partial charge in [0, 0.05) is 18.5 Å². The number of β-amino-alcohol motifs (C(OH)–C–C–N with tert-alkyl or cyclic N) is 1. The number of aliphatic hydroxyl groups excluding tert-OH is 1. The molecule has 0 radical (unpaired) electrons. The summed E-state index contributed by atoms with van der Waals surface area (Å²) in [6.07, 6.45) is -0.0272. The van der Waals surface area contributed by atoms with Crippen LogP contribution in [0.25, 0.3) is 11.0 Å². The molecule has 13 heteroatoms. The average molecular weight is 533 g/mol. The molecule has 1 fully saturated rings. The quantitative estimate of drug-likeness (QED) is 0.337. The minimum absolute atomic E-state index is 0.0937. The summed E-state index contributed by atoms with van der Waals surface area (Å²) in [4.78, 5) is 30.0. The normalized spacial score (nSPS) is 20.0. The monoisotopic (exact) mass is 532 g/mol. The third-order valence-electron chi connectivity index (χ3n) is 6.23. The molecule has 0 spiro atoms. The first kappa shape index (κ1) is 26.8. The number of furan rings is 1. The average Bonchev–Trinajstić information content (AvgIpc) is 3.43. The zero-order valence-electron chi connectivity index (χ0n) is 21.0. The third-order valence-corrected chi connectivity index (χ3v) is 7.89. The number of hydrogen-bond donors (Lipinski definition) is 4. The standard InChI is InChI=1S/C24H32N6O6S/c1-14(2)11-18(27-23(33)21-12-16-7-4-5-9-20(16)36-21)22(32)26-17-8-6-10-30(13-19(17)31)37(34,35)24-25-15(3)28-29-24/h4-5,7,9,12,14,17-19,31H,6,8,10-11,13H2,1-3H3,(H,26,32)(H,27,33)(H,25,28,29)/t17?,18-,19?/m0/s1. The van der Waals surface area contributed by atoms with E-state index in [0.717, 1.165) is 9.69 Å². The molecule has 1 aliphatic rings. The van der Waals surface area contributed by atoms with Crippen LogP contribution < -0.4 is 10.6 Å². The van der Waals surface area contributed by atoms with Gasteiger partial charge in [-0.25, -0.2) is 13.4 Å². The van der Waals surface area contributed by atoms with Gasteiger partial charge in [0.05, 0.1) is 12.1 Å². The number of aliphatic hydroxyl groups is 1. The Morgan fingerprint density at radius 2 is 2.05 bits per heavy atom. The number of aryl methyl sites for hydroxylation is 1. The first-order chi connectivity index (χ1) is 17.5. The number of H-pyrrole nitrogens is 1. The number of carbonyl (C=O) groups is 2. The molecule has 4 rings (SSSR count). The smallest absolute Gasteiger partial charge is 0.287 e. The maximum absolute atomic E-state index is 13.2. The van der Waals surface area contributed by atoms with Crippen molar-refractivity contribution in [2.24, 2.45) is 5.92 Å². The van der Waals surface area contributed by atoms with Gasteiger partial charge in [-0.3, -0.25) is 14.7 Å². The third kappa shape index (κ3) is 6.17. The zero-order chi connectivity index (χ0) is 26.7. The molecule has 3 aromatic rings. The van der Waals surface area contributed by atoms with Crippen LogP contribution in [0.3, 0.4) is 0 Å². The summed E-state index contributed by atoms with van der Waals surface area (Å²) in [5.41, 5.74) is 0.568. The SMILES string of the molecule is Cc1nc(S(=O)(=O)N2CCCC(NC(=O)[C@H](CC(C)C)NC(=O)c3cc4ccccc4o3)C(O)C2)n[nH]1. The Labute approximate surface area is 214 Å². The van der Waals surface area contributed by atoms with Crippen molar-refractivity contribution in [3.05, 3.63) is 41.9 Å². The second-order valence-corrected chi connectivity index (χ2v) is 11.5. The van der Waals surface area contributed by atoms with Gasteiger partial charge < -0.3 is 20.2 Å². The van der Waals surface area contributed by atoms with E-state index in [1.807, 2.05) is 26.0 Å². The fourth-order valence-corrected chi connectivity index (χ4v) is 5.72. The van der Waals surface area contributed by atoms with Gasteiger partial charge >= 0.3 is 0 Å². The van der Waals surface area contributed by atoms with Crippen LogP contribution in [0.4, 0.5) is 0 Å². The Bertz CT molecular complexity index is 1330. The van der Waals surface area contributed by atoms with Crippen LogP contribution in [0.2, 0.25) is 0 Å². The van der Waals surface area contributed by atoms with Crippen molar-refractivity contribution in [2.75, 3.05) is 13.1 Å². The minimum atomic E-state index is -4.00. The molecule has 0 bridgehead atoms. The summed E-state index contributed by atoms with van der Waals surface area (Å²) in [5, 5.41) is 23.1. The number of benzene rings is 1. The van der Waals surface area contributed by atoms with Crippen LogP contribution in [-0.2, 0) is 14.8 Å². The molecule has 2 aromatic heterocycles. The van der Waals surface area contributed by atoms with Crippen molar-refractivity contribution in [2.45, 2.75) is 63.4 Å². The van der Waals surface area contributed by atoms with E-state index < -0.39 is 40.0 Å². The summed E-state index contributed by atoms with van der Waals surface area (Å²) in [6.45, 7) is 5.39. The Morgan fingerprint density at radius 1 is 1.30 bits per heavy atom. The summed E-state index contributed by atoms with van der Waals surface area (Å²) in [5.74, 6) is -0.419. The second-order valence-electron chi connectivity index (χ2n) is 9.70. The molecule has 3 heterocycles. The summed E-state index contributed by atoms with van der Waals surface area (Å²) in [6, 6.07) is 7.28. The maximum Gasteiger partial charge on any atom is 0.287 e. The molecule has 2 unspecified atom stereocenters. The van der Waals surface area contributed by atoms with Gasteiger partial charge in [0.1, 0.15) is 17.4 Å². The molecule has 4 N–H and O–H groups in total. The van der Waals surface area contributed by atoms with Crippen molar-refractivity contribution in [3.63, 3.8) is 0 Å². The van der Waals surface area contributed by atoms with Crippen LogP contribution in [0.1, 0.15) is 49.5 Å². The number of aromatic nitrogens is 3. The van der Waals surface area contributed by atoms with E-state index in [2.05, 4.69) is 25.8 Å². The Kier molecular flexibility index (Phi) is 7.95. The predicted octanol–water partition coefficient (Wildman–Crippen LogP) is 1.33. The number of amides is 2. The predicted molar refractivity (Wildman–Crippen MR) is 134 cm³/mol. The van der Waals surface area contributed by atoms with Crippen molar-refractivity contribution in [1.29, 1.82) is 0 Å². The maximum atomic E-state index is 13.2. The number of fused-ring (bicyclic) bond motifs is 1. The molecule has 200 valence electrons. The number of rotatable bonds is 8. The molecule has 1 aliphatic heterocycles. The Morgan fingerprint density at radius 3 is 2.73 bits per heavy atom. The van der Waals surface area contributed by atoms with Gasteiger partial charge in [0.15, 0.2) is 5.76 Å². The van der Waals surface area contributed by atoms with E-state index in [1.54, 1.807) is 25.1 Å². The second kappa shape index (κ2) is 11.0. The van der Waals surface area contributed by atoms with E-state index >= 15 is 0 Å². The van der Waals surface area contributed by atoms with E-state index in [0.29, 0.717) is 30.7 Å². The minimum Gasteiger partial charge on any atom is -0.451 e. The molecule has 2 amide bonds. The topological polar surface area (TPSA) is 171 Å². The van der Waals surface area contributed by atoms with Crippen LogP contribution in [-0.4, -0.2) is 76.1 Å². The van der Waals surface area contributed by atoms with E-state index in [4.69, 9.17) is 4.42 Å². The highest BCUT2D eigenvalue weighted by Gasteiger charge is 2.36. The van der Waals surface area contributed by atoms with Crippen molar-refractivity contribution in [1.82, 2.24) is 30.1 Å². The zero-order valence-corrected chi connectivity index (χ0v) is 21.8. The van der Waals surface area contributed by atoms with Crippen molar-refractivity contribution >= 4 is 32.8 Å². The molecule has 37 heavy (non-hydrogen) atoms. The van der Waals surface area contributed by atoms with Crippen LogP contribution >= 0.6 is 0 Å². The van der Waals surface area contributed by atoms with Crippen molar-refractivity contribution in [3.8, 4) is 0 Å². The van der Waals surface area contributed by atoms with Crippen molar-refractivity contribution < 1.29 is 27.5 Å². The lowest BCUT2D eigenvalue weighted by atomic mass is 10.0. The van der Waals surface area contributed by atoms with Crippen LogP contribution in [0, 0.1) is 12.8 Å². The van der Waals surface area contributed by atoms with Gasteiger partial charge in [0.2, 0.25) is 5.91 Å². The molecular weight excluding hydrogens is 500 g/mol. The highest BCUT2D eigenvalue weighted by atomic mass is 32.2. The molecule has 1 saturated heterocycles. The molecular formula is C24H32N6O6S. The van der Waals surface area contributed by atoms with Gasteiger partial charge in [-0.05, 0) is 44.2 Å². The fraction of sp³-hybridized carbons (Fsp3) is 0.500. The first-order valence-corrected chi connectivity index (χ1v) is 13.7. The van der Waals surface area contributed by atoms with E-state index in [9.17, 15) is 23.1 Å². The van der Waals surface area contributed by atoms with Gasteiger partial charge in [-0.15, -0.1) is 5.10 Å². The number of hydrogen-bond acceptors (Lipinski definition) is 8. The molecule has 12 nitrogen and oxygen atoms in total. The number of aromatic amines is 1. The molecule has 1 aromatic carbocycles. The van der Waals surface area contributed by atoms with E-state index in [1.165, 1.54) is 0 Å². The lowest BCUT2D eigenvalue weighted by molar-refractivity contribution is -0.125. The Balaban J connectivity index is 1.43. The molecule has 0 aliphatic carbocycles. The van der Waals surface area contributed by atoms with Crippen LogP contribution in [0.15, 0.2) is 39.9 Å². The number of sulfonamides is 1. The number of carbonyl (C=O) groups excluding carboxylic acids is 2. The first-order valence-electron chi connectivity index (χ1n) is 12.2. The number of nitrogens with one attached hydrogen (secondary N) is 3. The lowest BCUT2D eigenvalue weighted by Gasteiger charge is -2.27. The summed E-state index contributed by atoms with van der Waals surface area (Å²) < 4.78 is 32.6. The van der Waals surface area contributed by atoms with Gasteiger partial charge in [0.25, 0.3) is 21.1 Å².